The Balaban J connectivity index is 2.07. The van der Waals surface area contributed by atoms with Gasteiger partial charge in [0.1, 0.15) is 12.2 Å². The number of aryl methyl sites for hydroxylation is 2. The van der Waals surface area contributed by atoms with Gasteiger partial charge in [-0.3, -0.25) is 0 Å². The standard InChI is InChI=1S/C11H10Cl3N3/c12-6-11-16-15-7-17(11)4-3-8-1-2-9(13)5-10(8)14/h1-2,5,7H,3-4,6H2. The molecule has 0 aliphatic heterocycles. The van der Waals surface area contributed by atoms with E-state index in [1.807, 2.05) is 16.7 Å². The molecule has 0 bridgehead atoms. The highest BCUT2D eigenvalue weighted by Crippen LogP contribution is 2.21. The number of alkyl halides is 1. The predicted molar refractivity (Wildman–Crippen MR) is 69.7 cm³/mol. The third-order valence-electron chi connectivity index (χ3n) is 2.45. The van der Waals surface area contributed by atoms with Gasteiger partial charge in [-0.15, -0.1) is 21.8 Å². The first-order valence-corrected chi connectivity index (χ1v) is 6.36. The van der Waals surface area contributed by atoms with Crippen molar-refractivity contribution in [3.05, 3.63) is 46.0 Å². The van der Waals surface area contributed by atoms with E-state index in [0.29, 0.717) is 15.9 Å². The zero-order valence-corrected chi connectivity index (χ0v) is 11.2. The summed E-state index contributed by atoms with van der Waals surface area (Å²) in [4.78, 5) is 0. The number of halogens is 3. The van der Waals surface area contributed by atoms with Crippen molar-refractivity contribution in [2.75, 3.05) is 0 Å². The molecule has 1 aromatic heterocycles. The van der Waals surface area contributed by atoms with E-state index in [2.05, 4.69) is 10.2 Å². The van der Waals surface area contributed by atoms with Gasteiger partial charge >= 0.3 is 0 Å². The molecule has 2 rings (SSSR count). The summed E-state index contributed by atoms with van der Waals surface area (Å²) in [5.41, 5.74) is 1.05. The first kappa shape index (κ1) is 12.7. The predicted octanol–water partition coefficient (Wildman–Crippen LogP) is 3.57. The van der Waals surface area contributed by atoms with E-state index >= 15 is 0 Å². The molecule has 0 aliphatic carbocycles. The highest BCUT2D eigenvalue weighted by Gasteiger charge is 2.05. The summed E-state index contributed by atoms with van der Waals surface area (Å²) in [7, 11) is 0. The van der Waals surface area contributed by atoms with Crippen LogP contribution in [-0.2, 0) is 18.8 Å². The maximum Gasteiger partial charge on any atom is 0.147 e. The van der Waals surface area contributed by atoms with Crippen LogP contribution in [0.5, 0.6) is 0 Å². The Morgan fingerprint density at radius 3 is 2.76 bits per heavy atom. The van der Waals surface area contributed by atoms with E-state index in [-0.39, 0.29) is 0 Å². The van der Waals surface area contributed by atoms with E-state index in [1.54, 1.807) is 12.4 Å². The Hall–Kier alpha value is -0.770. The fraction of sp³-hybridized carbons (Fsp3) is 0.273. The number of aromatic nitrogens is 3. The molecule has 17 heavy (non-hydrogen) atoms. The van der Waals surface area contributed by atoms with Crippen LogP contribution in [0.3, 0.4) is 0 Å². The van der Waals surface area contributed by atoms with E-state index in [0.717, 1.165) is 24.4 Å². The van der Waals surface area contributed by atoms with Crippen molar-refractivity contribution in [2.24, 2.45) is 0 Å². The molecular weight excluding hydrogens is 281 g/mol. The van der Waals surface area contributed by atoms with Crippen LogP contribution in [0.2, 0.25) is 10.0 Å². The fourth-order valence-electron chi connectivity index (χ4n) is 1.53. The molecule has 1 heterocycles. The van der Waals surface area contributed by atoms with Crippen LogP contribution in [0.1, 0.15) is 11.4 Å². The van der Waals surface area contributed by atoms with Gasteiger partial charge in [0, 0.05) is 16.6 Å². The highest BCUT2D eigenvalue weighted by atomic mass is 35.5. The number of nitrogens with zero attached hydrogens (tertiary/aromatic N) is 3. The SMILES string of the molecule is ClCc1nncn1CCc1ccc(Cl)cc1Cl. The van der Waals surface area contributed by atoms with Crippen molar-refractivity contribution in [3.8, 4) is 0 Å². The molecule has 0 N–H and O–H groups in total. The zero-order chi connectivity index (χ0) is 12.3. The molecule has 0 saturated carbocycles. The number of benzene rings is 1. The second-order valence-corrected chi connectivity index (χ2v) is 4.67. The van der Waals surface area contributed by atoms with Gasteiger partial charge in [0.2, 0.25) is 0 Å². The van der Waals surface area contributed by atoms with Crippen molar-refractivity contribution in [3.63, 3.8) is 0 Å². The molecule has 0 amide bonds. The van der Waals surface area contributed by atoms with Gasteiger partial charge in [0.05, 0.1) is 5.88 Å². The molecular formula is C11H10Cl3N3. The zero-order valence-electron chi connectivity index (χ0n) is 8.91. The van der Waals surface area contributed by atoms with Crippen LogP contribution in [0.25, 0.3) is 0 Å². The number of hydrogen-bond donors (Lipinski definition) is 0. The second-order valence-electron chi connectivity index (χ2n) is 3.56. The van der Waals surface area contributed by atoms with Gasteiger partial charge in [-0.2, -0.15) is 0 Å². The molecule has 0 radical (unpaired) electrons. The van der Waals surface area contributed by atoms with E-state index < -0.39 is 0 Å². The maximum absolute atomic E-state index is 6.09. The minimum absolute atomic E-state index is 0.356. The smallest absolute Gasteiger partial charge is 0.147 e. The summed E-state index contributed by atoms with van der Waals surface area (Å²) >= 11 is 17.7. The molecule has 3 nitrogen and oxygen atoms in total. The van der Waals surface area contributed by atoms with Gasteiger partial charge in [-0.05, 0) is 24.1 Å². The summed E-state index contributed by atoms with van der Waals surface area (Å²) in [5, 5.41) is 9.05. The summed E-state index contributed by atoms with van der Waals surface area (Å²) in [6, 6.07) is 5.50. The molecule has 0 spiro atoms. The maximum atomic E-state index is 6.09. The lowest BCUT2D eigenvalue weighted by Crippen LogP contribution is -2.04. The molecule has 6 heteroatoms. The molecule has 0 aliphatic rings. The third-order valence-corrected chi connectivity index (χ3v) is 3.28. The molecule has 0 unspecified atom stereocenters. The molecule has 90 valence electrons. The van der Waals surface area contributed by atoms with Crippen LogP contribution in [0.15, 0.2) is 24.5 Å². The minimum atomic E-state index is 0.356. The number of rotatable bonds is 4. The van der Waals surface area contributed by atoms with Gasteiger partial charge < -0.3 is 4.57 Å². The van der Waals surface area contributed by atoms with Gasteiger partial charge in [-0.25, -0.2) is 0 Å². The molecule has 1 aromatic carbocycles. The van der Waals surface area contributed by atoms with Crippen LogP contribution in [0, 0.1) is 0 Å². The Labute approximate surface area is 114 Å². The Morgan fingerprint density at radius 2 is 2.06 bits per heavy atom. The summed E-state index contributed by atoms with van der Waals surface area (Å²) in [5.74, 6) is 1.12. The first-order valence-electron chi connectivity index (χ1n) is 5.07. The second kappa shape index (κ2) is 5.71. The Morgan fingerprint density at radius 1 is 1.24 bits per heavy atom. The van der Waals surface area contributed by atoms with Crippen molar-refractivity contribution in [1.29, 1.82) is 0 Å². The largest absolute Gasteiger partial charge is 0.316 e. The van der Waals surface area contributed by atoms with Crippen molar-refractivity contribution in [1.82, 2.24) is 14.8 Å². The molecule has 0 atom stereocenters. The normalized spacial score (nSPS) is 10.8. The van der Waals surface area contributed by atoms with Gasteiger partial charge in [-0.1, -0.05) is 29.3 Å². The number of hydrogen-bond acceptors (Lipinski definition) is 2. The topological polar surface area (TPSA) is 30.7 Å². The van der Waals surface area contributed by atoms with Crippen molar-refractivity contribution >= 4 is 34.8 Å². The quantitative estimate of drug-likeness (QED) is 0.806. The lowest BCUT2D eigenvalue weighted by Gasteiger charge is -2.06. The van der Waals surface area contributed by atoms with Crippen LogP contribution >= 0.6 is 34.8 Å². The van der Waals surface area contributed by atoms with Crippen LogP contribution < -0.4 is 0 Å². The summed E-state index contributed by atoms with van der Waals surface area (Å²) < 4.78 is 1.91. The summed E-state index contributed by atoms with van der Waals surface area (Å²) in [6.07, 6.45) is 2.46. The Kier molecular flexibility index (Phi) is 4.26. The van der Waals surface area contributed by atoms with E-state index in [9.17, 15) is 0 Å². The van der Waals surface area contributed by atoms with Crippen LogP contribution in [0.4, 0.5) is 0 Å². The van der Waals surface area contributed by atoms with Crippen molar-refractivity contribution < 1.29 is 0 Å². The van der Waals surface area contributed by atoms with Gasteiger partial charge in [0.15, 0.2) is 0 Å². The van der Waals surface area contributed by atoms with Gasteiger partial charge in [0.25, 0.3) is 0 Å². The first-order chi connectivity index (χ1) is 8.20. The monoisotopic (exact) mass is 289 g/mol. The highest BCUT2D eigenvalue weighted by molar-refractivity contribution is 6.35. The average Bonchev–Trinajstić information content (AvgIpc) is 2.75. The third kappa shape index (κ3) is 3.12. The molecule has 0 saturated heterocycles. The molecule has 0 fully saturated rings. The minimum Gasteiger partial charge on any atom is -0.316 e. The summed E-state index contributed by atoms with van der Waals surface area (Å²) in [6.45, 7) is 0.746. The van der Waals surface area contributed by atoms with Crippen LogP contribution in [-0.4, -0.2) is 14.8 Å². The fourth-order valence-corrected chi connectivity index (χ4v) is 2.24. The average molecular weight is 291 g/mol. The van der Waals surface area contributed by atoms with E-state index in [1.165, 1.54) is 0 Å². The lowest BCUT2D eigenvalue weighted by molar-refractivity contribution is 0.668. The Bertz CT molecular complexity index is 510. The molecule has 2 aromatic rings. The van der Waals surface area contributed by atoms with E-state index in [4.69, 9.17) is 34.8 Å². The van der Waals surface area contributed by atoms with Crippen molar-refractivity contribution in [2.45, 2.75) is 18.8 Å². The lowest BCUT2D eigenvalue weighted by atomic mass is 10.1.